The standard InChI is InChI=1S/C12H16BrClN2/c1-9-7-15-4-5-16(9)8-10-6-11(13)2-3-12(10)14/h2-3,6,9,15H,4-5,7-8H2,1H3/t9-/m1/s1. The molecule has 1 aromatic rings. The quantitative estimate of drug-likeness (QED) is 0.904. The summed E-state index contributed by atoms with van der Waals surface area (Å²) in [7, 11) is 0. The van der Waals surface area contributed by atoms with Crippen LogP contribution in [0.15, 0.2) is 22.7 Å². The van der Waals surface area contributed by atoms with Crippen LogP contribution in [0.1, 0.15) is 12.5 Å². The van der Waals surface area contributed by atoms with Gasteiger partial charge in [-0.25, -0.2) is 0 Å². The number of nitrogens with zero attached hydrogens (tertiary/aromatic N) is 1. The molecule has 1 aliphatic heterocycles. The van der Waals surface area contributed by atoms with Gasteiger partial charge in [0.15, 0.2) is 0 Å². The van der Waals surface area contributed by atoms with Gasteiger partial charge in [-0.05, 0) is 30.7 Å². The molecular weight excluding hydrogens is 288 g/mol. The molecule has 1 heterocycles. The van der Waals surface area contributed by atoms with Crippen LogP contribution >= 0.6 is 27.5 Å². The molecule has 0 bridgehead atoms. The van der Waals surface area contributed by atoms with Crippen molar-refractivity contribution >= 4 is 27.5 Å². The maximum atomic E-state index is 6.20. The fourth-order valence-corrected chi connectivity index (χ4v) is 2.59. The Morgan fingerprint density at radius 3 is 3.12 bits per heavy atom. The van der Waals surface area contributed by atoms with Crippen LogP contribution in [-0.2, 0) is 6.54 Å². The molecule has 4 heteroatoms. The summed E-state index contributed by atoms with van der Waals surface area (Å²) in [6.07, 6.45) is 0. The first-order valence-electron chi connectivity index (χ1n) is 5.55. The van der Waals surface area contributed by atoms with E-state index in [1.165, 1.54) is 5.56 Å². The maximum Gasteiger partial charge on any atom is 0.0451 e. The zero-order chi connectivity index (χ0) is 11.5. The fourth-order valence-electron chi connectivity index (χ4n) is 2.00. The second-order valence-electron chi connectivity index (χ2n) is 4.26. The normalized spacial score (nSPS) is 22.3. The monoisotopic (exact) mass is 302 g/mol. The van der Waals surface area contributed by atoms with Gasteiger partial charge in [0.1, 0.15) is 0 Å². The fraction of sp³-hybridized carbons (Fsp3) is 0.500. The van der Waals surface area contributed by atoms with Crippen molar-refractivity contribution in [2.24, 2.45) is 0 Å². The molecule has 0 radical (unpaired) electrons. The largest absolute Gasteiger partial charge is 0.314 e. The molecule has 0 saturated carbocycles. The summed E-state index contributed by atoms with van der Waals surface area (Å²) in [6.45, 7) is 6.39. The third-order valence-corrected chi connectivity index (χ3v) is 3.88. The molecule has 16 heavy (non-hydrogen) atoms. The molecule has 1 aromatic carbocycles. The number of rotatable bonds is 2. The van der Waals surface area contributed by atoms with Gasteiger partial charge in [0.2, 0.25) is 0 Å². The first-order valence-corrected chi connectivity index (χ1v) is 6.72. The number of nitrogens with one attached hydrogen (secondary N) is 1. The van der Waals surface area contributed by atoms with Gasteiger partial charge >= 0.3 is 0 Å². The molecule has 2 rings (SSSR count). The van der Waals surface area contributed by atoms with Crippen LogP contribution in [0.5, 0.6) is 0 Å². The van der Waals surface area contributed by atoms with Gasteiger partial charge in [0.25, 0.3) is 0 Å². The van der Waals surface area contributed by atoms with Crippen molar-refractivity contribution in [3.63, 3.8) is 0 Å². The van der Waals surface area contributed by atoms with Crippen LogP contribution in [0.2, 0.25) is 5.02 Å². The zero-order valence-corrected chi connectivity index (χ0v) is 11.7. The van der Waals surface area contributed by atoms with E-state index in [0.29, 0.717) is 6.04 Å². The predicted octanol–water partition coefficient (Wildman–Crippen LogP) is 2.90. The van der Waals surface area contributed by atoms with E-state index in [2.05, 4.69) is 39.1 Å². The molecule has 1 atom stereocenters. The molecule has 2 nitrogen and oxygen atoms in total. The Bertz CT molecular complexity index is 370. The number of hydrogen-bond donors (Lipinski definition) is 1. The van der Waals surface area contributed by atoms with Crippen molar-refractivity contribution in [3.05, 3.63) is 33.3 Å². The minimum Gasteiger partial charge on any atom is -0.314 e. The van der Waals surface area contributed by atoms with Gasteiger partial charge in [-0.3, -0.25) is 4.90 Å². The SMILES string of the molecule is C[C@@H]1CNCCN1Cc1cc(Br)ccc1Cl. The van der Waals surface area contributed by atoms with Crippen LogP contribution in [0, 0.1) is 0 Å². The molecule has 88 valence electrons. The summed E-state index contributed by atoms with van der Waals surface area (Å²) in [5.41, 5.74) is 1.20. The Labute approximate surface area is 110 Å². The molecule has 0 aromatic heterocycles. The number of benzene rings is 1. The highest BCUT2D eigenvalue weighted by molar-refractivity contribution is 9.10. The average molecular weight is 304 g/mol. The van der Waals surface area contributed by atoms with Gasteiger partial charge in [-0.2, -0.15) is 0 Å². The van der Waals surface area contributed by atoms with Gasteiger partial charge in [-0.1, -0.05) is 27.5 Å². The van der Waals surface area contributed by atoms with Gasteiger partial charge in [0.05, 0.1) is 0 Å². The minimum atomic E-state index is 0.573. The first kappa shape index (κ1) is 12.4. The van der Waals surface area contributed by atoms with E-state index in [9.17, 15) is 0 Å². The second kappa shape index (κ2) is 5.50. The molecule has 0 unspecified atom stereocenters. The smallest absolute Gasteiger partial charge is 0.0451 e. The third kappa shape index (κ3) is 2.98. The van der Waals surface area contributed by atoms with Crippen molar-refractivity contribution in [1.29, 1.82) is 0 Å². The van der Waals surface area contributed by atoms with Gasteiger partial charge < -0.3 is 5.32 Å². The van der Waals surface area contributed by atoms with Crippen LogP contribution < -0.4 is 5.32 Å². The molecule has 0 spiro atoms. The van der Waals surface area contributed by atoms with E-state index in [4.69, 9.17) is 11.6 Å². The highest BCUT2D eigenvalue weighted by Gasteiger charge is 2.18. The average Bonchev–Trinajstić information content (AvgIpc) is 2.27. The zero-order valence-electron chi connectivity index (χ0n) is 9.34. The van der Waals surface area contributed by atoms with E-state index in [-0.39, 0.29) is 0 Å². The molecule has 1 N–H and O–H groups in total. The van der Waals surface area contributed by atoms with Crippen molar-refractivity contribution in [3.8, 4) is 0 Å². The summed E-state index contributed by atoms with van der Waals surface area (Å²) in [6, 6.07) is 6.61. The van der Waals surface area contributed by atoms with Gasteiger partial charge in [0, 0.05) is 41.7 Å². The van der Waals surface area contributed by atoms with E-state index in [1.54, 1.807) is 0 Å². The molecule has 0 aliphatic carbocycles. The lowest BCUT2D eigenvalue weighted by Gasteiger charge is -2.34. The van der Waals surface area contributed by atoms with Crippen molar-refractivity contribution in [2.45, 2.75) is 19.5 Å². The Morgan fingerprint density at radius 1 is 1.56 bits per heavy atom. The molecule has 1 saturated heterocycles. The Morgan fingerprint density at radius 2 is 2.38 bits per heavy atom. The Hall–Kier alpha value is -0.0900. The number of halogens is 2. The highest BCUT2D eigenvalue weighted by atomic mass is 79.9. The van der Waals surface area contributed by atoms with Crippen molar-refractivity contribution < 1.29 is 0 Å². The Kier molecular flexibility index (Phi) is 4.25. The van der Waals surface area contributed by atoms with Crippen molar-refractivity contribution in [1.82, 2.24) is 10.2 Å². The van der Waals surface area contributed by atoms with E-state index in [0.717, 1.165) is 35.7 Å². The predicted molar refractivity (Wildman–Crippen MR) is 71.9 cm³/mol. The molecular formula is C12H16BrClN2. The second-order valence-corrected chi connectivity index (χ2v) is 5.58. The lowest BCUT2D eigenvalue weighted by atomic mass is 10.1. The van der Waals surface area contributed by atoms with Crippen LogP contribution in [0.3, 0.4) is 0 Å². The highest BCUT2D eigenvalue weighted by Crippen LogP contribution is 2.23. The first-order chi connectivity index (χ1) is 7.66. The minimum absolute atomic E-state index is 0.573. The van der Waals surface area contributed by atoms with Crippen LogP contribution in [0.25, 0.3) is 0 Å². The topological polar surface area (TPSA) is 15.3 Å². The third-order valence-electron chi connectivity index (χ3n) is 3.02. The molecule has 1 aliphatic rings. The summed E-state index contributed by atoms with van der Waals surface area (Å²) < 4.78 is 1.09. The van der Waals surface area contributed by atoms with Gasteiger partial charge in [-0.15, -0.1) is 0 Å². The summed E-state index contributed by atoms with van der Waals surface area (Å²) in [5.74, 6) is 0. The Balaban J connectivity index is 2.10. The number of piperazine rings is 1. The van der Waals surface area contributed by atoms with Crippen LogP contribution in [0.4, 0.5) is 0 Å². The molecule has 1 fully saturated rings. The van der Waals surface area contributed by atoms with E-state index < -0.39 is 0 Å². The van der Waals surface area contributed by atoms with Crippen LogP contribution in [-0.4, -0.2) is 30.6 Å². The molecule has 0 amide bonds. The number of hydrogen-bond acceptors (Lipinski definition) is 2. The lowest BCUT2D eigenvalue weighted by molar-refractivity contribution is 0.165. The van der Waals surface area contributed by atoms with Crippen molar-refractivity contribution in [2.75, 3.05) is 19.6 Å². The lowest BCUT2D eigenvalue weighted by Crippen LogP contribution is -2.49. The summed E-state index contributed by atoms with van der Waals surface area (Å²) >= 11 is 9.69. The van der Waals surface area contributed by atoms with E-state index in [1.807, 2.05) is 12.1 Å². The maximum absolute atomic E-state index is 6.20. The van der Waals surface area contributed by atoms with E-state index >= 15 is 0 Å². The summed E-state index contributed by atoms with van der Waals surface area (Å²) in [4.78, 5) is 2.46. The summed E-state index contributed by atoms with van der Waals surface area (Å²) in [5, 5.41) is 4.25.